The summed E-state index contributed by atoms with van der Waals surface area (Å²) in [5, 5.41) is 25.2. The molecule has 0 heterocycles. The molecule has 33 heavy (non-hydrogen) atoms. The van der Waals surface area contributed by atoms with Crippen LogP contribution in [0.3, 0.4) is 0 Å². The number of amides is 3. The number of alkyl carbamates (subject to hydrolysis) is 1. The minimum Gasteiger partial charge on any atom is -0.508 e. The fourth-order valence-corrected chi connectivity index (χ4v) is 3.22. The Labute approximate surface area is 196 Å². The number of carbonyl (C=O) groups excluding carboxylic acids is 3. The number of hydrogen-bond donors (Lipinski definition) is 4. The highest BCUT2D eigenvalue weighted by molar-refractivity contribution is 5.92. The zero-order chi connectivity index (χ0) is 25.6. The summed E-state index contributed by atoms with van der Waals surface area (Å²) in [6.07, 6.45) is -0.377. The van der Waals surface area contributed by atoms with Crippen molar-refractivity contribution in [1.29, 1.82) is 0 Å². The number of nitrogens with one attached hydrogen (secondary N) is 2. The monoisotopic (exact) mass is 465 g/mol. The second-order valence-corrected chi connectivity index (χ2v) is 9.92. The molecule has 1 aromatic rings. The van der Waals surface area contributed by atoms with E-state index < -0.39 is 47.7 Å². The van der Waals surface area contributed by atoms with E-state index in [9.17, 15) is 24.6 Å². The molecule has 0 saturated heterocycles. The van der Waals surface area contributed by atoms with Gasteiger partial charge in [0.1, 0.15) is 23.4 Å². The van der Waals surface area contributed by atoms with Gasteiger partial charge in [-0.05, 0) is 72.6 Å². The Kier molecular flexibility index (Phi) is 9.71. The number of aromatic hydroxyl groups is 1. The highest BCUT2D eigenvalue weighted by Gasteiger charge is 2.43. The largest absolute Gasteiger partial charge is 0.508 e. The van der Waals surface area contributed by atoms with Crippen LogP contribution in [0, 0.1) is 0 Å². The van der Waals surface area contributed by atoms with E-state index in [1.54, 1.807) is 60.6 Å². The second kappa shape index (κ2) is 11.4. The maximum absolute atomic E-state index is 13.7. The van der Waals surface area contributed by atoms with Gasteiger partial charge in [0.05, 0.1) is 6.61 Å². The summed E-state index contributed by atoms with van der Waals surface area (Å²) in [6, 6.07) is 3.47. The normalized spacial score (nSPS) is 13.8. The van der Waals surface area contributed by atoms with Crippen molar-refractivity contribution >= 4 is 17.9 Å². The predicted molar refractivity (Wildman–Crippen MR) is 126 cm³/mol. The first-order valence-corrected chi connectivity index (χ1v) is 11.2. The fraction of sp³-hybridized carbons (Fsp3) is 0.625. The lowest BCUT2D eigenvalue weighted by atomic mass is 9.92. The number of hydrogen-bond acceptors (Lipinski definition) is 6. The van der Waals surface area contributed by atoms with E-state index in [0.717, 1.165) is 0 Å². The summed E-state index contributed by atoms with van der Waals surface area (Å²) in [6.45, 7) is 13.4. The summed E-state index contributed by atoms with van der Waals surface area (Å²) >= 11 is 0. The van der Waals surface area contributed by atoms with Crippen LogP contribution in [-0.2, 0) is 14.3 Å². The van der Waals surface area contributed by atoms with Gasteiger partial charge in [-0.15, -0.1) is 0 Å². The molecule has 0 radical (unpaired) electrons. The molecule has 0 bridgehead atoms. The molecule has 2 unspecified atom stereocenters. The van der Waals surface area contributed by atoms with Crippen LogP contribution in [-0.4, -0.2) is 62.9 Å². The van der Waals surface area contributed by atoms with E-state index in [2.05, 4.69) is 10.6 Å². The van der Waals surface area contributed by atoms with Crippen molar-refractivity contribution in [1.82, 2.24) is 15.5 Å². The van der Waals surface area contributed by atoms with Crippen LogP contribution in [0.25, 0.3) is 0 Å². The Morgan fingerprint density at radius 3 is 2.15 bits per heavy atom. The van der Waals surface area contributed by atoms with Crippen LogP contribution in [0.4, 0.5) is 4.79 Å². The first kappa shape index (κ1) is 28.2. The van der Waals surface area contributed by atoms with Gasteiger partial charge in [0.15, 0.2) is 0 Å². The summed E-state index contributed by atoms with van der Waals surface area (Å²) in [5.41, 5.74) is -1.24. The minimum absolute atomic E-state index is 0.0536. The van der Waals surface area contributed by atoms with Crippen molar-refractivity contribution in [3.05, 3.63) is 29.8 Å². The molecule has 186 valence electrons. The standard InChI is InChI=1S/C24H39N3O6/c1-9-24(7,8)27(21(31)18(14-28)26-22(32)33-23(4,5)6)19(20(30)25-15(2)3)16-11-10-12-17(29)13-16/h10-13,15,18-19,28-29H,9,14H2,1-8H3,(H,25,30)(H,26,32). The summed E-state index contributed by atoms with van der Waals surface area (Å²) < 4.78 is 5.23. The van der Waals surface area contributed by atoms with Crippen LogP contribution in [0.15, 0.2) is 24.3 Å². The van der Waals surface area contributed by atoms with Crippen LogP contribution >= 0.6 is 0 Å². The number of phenols is 1. The third kappa shape index (κ3) is 8.24. The molecule has 9 nitrogen and oxygen atoms in total. The third-order valence-corrected chi connectivity index (χ3v) is 5.05. The van der Waals surface area contributed by atoms with Gasteiger partial charge < -0.3 is 30.5 Å². The first-order chi connectivity index (χ1) is 15.1. The summed E-state index contributed by atoms with van der Waals surface area (Å²) in [4.78, 5) is 40.7. The lowest BCUT2D eigenvalue weighted by Crippen LogP contribution is -2.60. The van der Waals surface area contributed by atoms with E-state index in [-0.39, 0.29) is 11.8 Å². The van der Waals surface area contributed by atoms with Crippen molar-refractivity contribution in [2.45, 2.75) is 91.1 Å². The Hall–Kier alpha value is -2.81. The van der Waals surface area contributed by atoms with E-state index in [4.69, 9.17) is 4.74 Å². The van der Waals surface area contributed by atoms with Crippen molar-refractivity contribution in [2.75, 3.05) is 6.61 Å². The van der Waals surface area contributed by atoms with Crippen molar-refractivity contribution in [3.8, 4) is 5.75 Å². The highest BCUT2D eigenvalue weighted by Crippen LogP contribution is 2.33. The smallest absolute Gasteiger partial charge is 0.408 e. The SMILES string of the molecule is CCC(C)(C)N(C(=O)C(CO)NC(=O)OC(C)(C)C)C(C(=O)NC(C)C)c1cccc(O)c1. The van der Waals surface area contributed by atoms with Gasteiger partial charge in [-0.1, -0.05) is 19.1 Å². The average molecular weight is 466 g/mol. The molecular formula is C24H39N3O6. The van der Waals surface area contributed by atoms with Crippen molar-refractivity contribution in [3.63, 3.8) is 0 Å². The van der Waals surface area contributed by atoms with Gasteiger partial charge in [0.2, 0.25) is 11.8 Å². The molecular weight excluding hydrogens is 426 g/mol. The average Bonchev–Trinajstić information content (AvgIpc) is 2.67. The molecule has 0 aromatic heterocycles. The maximum atomic E-state index is 13.7. The van der Waals surface area contributed by atoms with Gasteiger partial charge in [-0.2, -0.15) is 0 Å². The van der Waals surface area contributed by atoms with E-state index in [0.29, 0.717) is 12.0 Å². The molecule has 0 aliphatic carbocycles. The highest BCUT2D eigenvalue weighted by atomic mass is 16.6. The van der Waals surface area contributed by atoms with Crippen molar-refractivity contribution in [2.24, 2.45) is 0 Å². The van der Waals surface area contributed by atoms with Gasteiger partial charge >= 0.3 is 6.09 Å². The summed E-state index contributed by atoms with van der Waals surface area (Å²) in [5.74, 6) is -1.15. The number of aliphatic hydroxyl groups excluding tert-OH is 1. The van der Waals surface area contributed by atoms with Gasteiger partial charge in [0.25, 0.3) is 0 Å². The number of benzene rings is 1. The van der Waals surface area contributed by atoms with Gasteiger partial charge in [0, 0.05) is 11.6 Å². The molecule has 0 spiro atoms. The van der Waals surface area contributed by atoms with Crippen LogP contribution in [0.2, 0.25) is 0 Å². The number of carbonyl (C=O) groups is 3. The number of rotatable bonds is 9. The van der Waals surface area contributed by atoms with Gasteiger partial charge in [-0.3, -0.25) is 9.59 Å². The lowest BCUT2D eigenvalue weighted by Gasteiger charge is -2.44. The van der Waals surface area contributed by atoms with Gasteiger partial charge in [-0.25, -0.2) is 4.79 Å². The predicted octanol–water partition coefficient (Wildman–Crippen LogP) is 2.86. The lowest BCUT2D eigenvalue weighted by molar-refractivity contribution is -0.150. The van der Waals surface area contributed by atoms with Crippen LogP contribution in [0.1, 0.15) is 73.4 Å². The fourth-order valence-electron chi connectivity index (χ4n) is 3.22. The molecule has 3 amide bonds. The maximum Gasteiger partial charge on any atom is 0.408 e. The zero-order valence-corrected chi connectivity index (χ0v) is 20.9. The molecule has 4 N–H and O–H groups in total. The molecule has 0 saturated carbocycles. The minimum atomic E-state index is -1.34. The molecule has 0 aliphatic heterocycles. The van der Waals surface area contributed by atoms with E-state index >= 15 is 0 Å². The third-order valence-electron chi connectivity index (χ3n) is 5.05. The zero-order valence-electron chi connectivity index (χ0n) is 20.9. The van der Waals surface area contributed by atoms with Crippen LogP contribution in [0.5, 0.6) is 5.75 Å². The number of aliphatic hydroxyl groups is 1. The molecule has 1 rings (SSSR count). The topological polar surface area (TPSA) is 128 Å². The first-order valence-electron chi connectivity index (χ1n) is 11.2. The van der Waals surface area contributed by atoms with Crippen molar-refractivity contribution < 1.29 is 29.3 Å². The molecule has 2 atom stereocenters. The molecule has 0 aliphatic rings. The molecule has 9 heteroatoms. The number of nitrogens with zero attached hydrogens (tertiary/aromatic N) is 1. The van der Waals surface area contributed by atoms with Crippen LogP contribution < -0.4 is 10.6 Å². The quantitative estimate of drug-likeness (QED) is 0.444. The second-order valence-electron chi connectivity index (χ2n) is 9.92. The van der Waals surface area contributed by atoms with E-state index in [1.165, 1.54) is 17.0 Å². The Morgan fingerprint density at radius 2 is 1.70 bits per heavy atom. The Morgan fingerprint density at radius 1 is 1.09 bits per heavy atom. The Bertz CT molecular complexity index is 832. The Balaban J connectivity index is 3.53. The number of phenolic OH excluding ortho intramolecular Hbond substituents is 1. The summed E-state index contributed by atoms with van der Waals surface area (Å²) in [7, 11) is 0. The number of ether oxygens (including phenoxy) is 1. The van der Waals surface area contributed by atoms with E-state index in [1.807, 2.05) is 6.92 Å². The molecule has 0 fully saturated rings. The molecule has 1 aromatic carbocycles.